The van der Waals surface area contributed by atoms with Crippen LogP contribution in [0.4, 0.5) is 0 Å². The maximum atomic E-state index is 5.70. The lowest BCUT2D eigenvalue weighted by atomic mass is 10.1. The summed E-state index contributed by atoms with van der Waals surface area (Å²) in [6.45, 7) is 0. The van der Waals surface area contributed by atoms with E-state index in [1.165, 1.54) is 5.56 Å². The Morgan fingerprint density at radius 3 is 2.56 bits per heavy atom. The van der Waals surface area contributed by atoms with Crippen LogP contribution in [-0.2, 0) is 0 Å². The Balaban J connectivity index is 0.00000128. The molecule has 0 bridgehead atoms. The van der Waals surface area contributed by atoms with Gasteiger partial charge in [0.1, 0.15) is 10.4 Å². The van der Waals surface area contributed by atoms with Crippen molar-refractivity contribution in [2.75, 3.05) is 0 Å². The summed E-state index contributed by atoms with van der Waals surface area (Å²) in [5, 5.41) is 0. The summed E-state index contributed by atoms with van der Waals surface area (Å²) in [6.07, 6.45) is 4.76. The molecule has 84 valence electrons. The lowest BCUT2D eigenvalue weighted by Crippen LogP contribution is -2.08. The lowest BCUT2D eigenvalue weighted by Gasteiger charge is -2.00. The van der Waals surface area contributed by atoms with E-state index in [1.807, 2.05) is 24.3 Å². The highest BCUT2D eigenvalue weighted by molar-refractivity contribution is 9.11. The Kier molecular flexibility index (Phi) is 4.96. The second-order valence-corrected chi connectivity index (χ2v) is 4.11. The van der Waals surface area contributed by atoms with E-state index in [-0.39, 0.29) is 17.0 Å². The molecule has 4 heteroatoms. The molecule has 2 rings (SSSR count). The van der Waals surface area contributed by atoms with Gasteiger partial charge in [0, 0.05) is 6.42 Å². The van der Waals surface area contributed by atoms with Gasteiger partial charge in [0.15, 0.2) is 0 Å². The Bertz CT molecular complexity index is 447. The van der Waals surface area contributed by atoms with Gasteiger partial charge in [-0.05, 0) is 33.1 Å². The summed E-state index contributed by atoms with van der Waals surface area (Å²) in [5.74, 6) is 0.629. The molecule has 0 aliphatic carbocycles. The molecule has 0 radical (unpaired) electrons. The molecule has 0 amide bonds. The highest BCUT2D eigenvalue weighted by atomic mass is 79.9. The number of nitrogens with two attached hydrogens (primary N) is 1. The van der Waals surface area contributed by atoms with Crippen molar-refractivity contribution in [1.82, 2.24) is 0 Å². The first-order valence-corrected chi connectivity index (χ1v) is 5.51. The molecule has 0 fully saturated rings. The largest absolute Gasteiger partial charge is 0.387 e. The van der Waals surface area contributed by atoms with Crippen LogP contribution in [0.15, 0.2) is 52.1 Å². The molecule has 1 aliphatic rings. The van der Waals surface area contributed by atoms with E-state index in [4.69, 9.17) is 5.73 Å². The smallest absolute Gasteiger partial charge is 0.108 e. The Hall–Kier alpha value is -0.870. The zero-order chi connectivity index (χ0) is 10.7. The van der Waals surface area contributed by atoms with Gasteiger partial charge >= 0.3 is 0 Å². The van der Waals surface area contributed by atoms with Crippen molar-refractivity contribution in [3.05, 3.63) is 52.7 Å². The monoisotopic (exact) mass is 342 g/mol. The minimum absolute atomic E-state index is 0. The summed E-state index contributed by atoms with van der Waals surface area (Å²) in [4.78, 5) is 4.17. The number of amidine groups is 1. The van der Waals surface area contributed by atoms with E-state index in [1.54, 1.807) is 0 Å². The molecular weight excluding hydrogens is 332 g/mol. The zero-order valence-corrected chi connectivity index (χ0v) is 11.9. The average molecular weight is 344 g/mol. The molecule has 1 heterocycles. The number of allylic oxidation sites excluding steroid dienone is 2. The number of nitrogens with zero attached hydrogens (tertiary/aromatic N) is 1. The van der Waals surface area contributed by atoms with Gasteiger partial charge in [-0.25, -0.2) is 4.99 Å². The lowest BCUT2D eigenvalue weighted by molar-refractivity contribution is 1.37. The van der Waals surface area contributed by atoms with E-state index in [9.17, 15) is 0 Å². The second kappa shape index (κ2) is 6.01. The molecule has 0 spiro atoms. The Morgan fingerprint density at radius 2 is 1.88 bits per heavy atom. The van der Waals surface area contributed by atoms with E-state index in [2.05, 4.69) is 39.1 Å². The van der Waals surface area contributed by atoms with Crippen molar-refractivity contribution in [2.45, 2.75) is 6.42 Å². The maximum Gasteiger partial charge on any atom is 0.108 e. The summed E-state index contributed by atoms with van der Waals surface area (Å²) in [7, 11) is 0. The van der Waals surface area contributed by atoms with E-state index < -0.39 is 0 Å². The molecule has 0 unspecified atom stereocenters. The fraction of sp³-hybridized carbons (Fsp3) is 0.0833. The molecular formula is C12H12Br2N2. The van der Waals surface area contributed by atoms with Crippen molar-refractivity contribution in [3.63, 3.8) is 0 Å². The van der Waals surface area contributed by atoms with Gasteiger partial charge in [0.25, 0.3) is 0 Å². The molecule has 0 aromatic heterocycles. The van der Waals surface area contributed by atoms with Gasteiger partial charge in [-0.2, -0.15) is 0 Å². The number of halogens is 2. The molecule has 1 aromatic carbocycles. The maximum absolute atomic E-state index is 5.70. The third kappa shape index (κ3) is 3.32. The van der Waals surface area contributed by atoms with Crippen LogP contribution in [0.1, 0.15) is 12.0 Å². The van der Waals surface area contributed by atoms with Gasteiger partial charge in [-0.15, -0.1) is 17.0 Å². The van der Waals surface area contributed by atoms with Crippen molar-refractivity contribution in [3.8, 4) is 0 Å². The predicted octanol–water partition coefficient (Wildman–Crippen LogP) is 3.65. The molecule has 0 atom stereocenters. The first-order valence-electron chi connectivity index (χ1n) is 4.71. The van der Waals surface area contributed by atoms with Crippen LogP contribution in [0.2, 0.25) is 0 Å². The average Bonchev–Trinajstić information content (AvgIpc) is 2.41. The highest BCUT2D eigenvalue weighted by Gasteiger charge is 2.04. The molecule has 1 aromatic rings. The molecule has 2 nitrogen and oxygen atoms in total. The minimum atomic E-state index is 0. The second-order valence-electron chi connectivity index (χ2n) is 3.30. The summed E-state index contributed by atoms with van der Waals surface area (Å²) < 4.78 is 0.771. The van der Waals surface area contributed by atoms with Gasteiger partial charge in [0.2, 0.25) is 0 Å². The van der Waals surface area contributed by atoms with Crippen LogP contribution in [0, 0.1) is 0 Å². The molecule has 2 N–H and O–H groups in total. The first kappa shape index (κ1) is 13.2. The van der Waals surface area contributed by atoms with E-state index >= 15 is 0 Å². The van der Waals surface area contributed by atoms with Crippen molar-refractivity contribution >= 4 is 44.3 Å². The molecule has 0 saturated heterocycles. The van der Waals surface area contributed by atoms with Gasteiger partial charge in [-0.1, -0.05) is 36.4 Å². The first-order chi connectivity index (χ1) is 7.25. The van der Waals surface area contributed by atoms with Crippen LogP contribution in [-0.4, -0.2) is 5.84 Å². The molecule has 16 heavy (non-hydrogen) atoms. The Morgan fingerprint density at radius 1 is 1.19 bits per heavy atom. The third-order valence-electron chi connectivity index (χ3n) is 2.16. The van der Waals surface area contributed by atoms with Crippen LogP contribution >= 0.6 is 32.9 Å². The van der Waals surface area contributed by atoms with Crippen molar-refractivity contribution in [1.29, 1.82) is 0 Å². The summed E-state index contributed by atoms with van der Waals surface area (Å²) in [5.41, 5.74) is 8.03. The summed E-state index contributed by atoms with van der Waals surface area (Å²) >= 11 is 3.37. The fourth-order valence-electron chi connectivity index (χ4n) is 1.45. The molecule has 1 aliphatic heterocycles. The predicted molar refractivity (Wildman–Crippen MR) is 78.0 cm³/mol. The number of hydrogen-bond donors (Lipinski definition) is 1. The minimum Gasteiger partial charge on any atom is -0.387 e. The van der Waals surface area contributed by atoms with E-state index in [0.29, 0.717) is 12.3 Å². The normalized spacial score (nSPS) is 15.2. The zero-order valence-electron chi connectivity index (χ0n) is 8.56. The SMILES string of the molecule is Br.NC1=NC(Br)=CC(c2ccccc2)=CC1. The molecule has 0 saturated carbocycles. The van der Waals surface area contributed by atoms with Gasteiger partial charge in [0.05, 0.1) is 0 Å². The topological polar surface area (TPSA) is 38.4 Å². The van der Waals surface area contributed by atoms with Crippen LogP contribution in [0.3, 0.4) is 0 Å². The van der Waals surface area contributed by atoms with Crippen LogP contribution < -0.4 is 5.73 Å². The van der Waals surface area contributed by atoms with Crippen molar-refractivity contribution < 1.29 is 0 Å². The number of aliphatic imine (C=N–C) groups is 1. The van der Waals surface area contributed by atoms with E-state index in [0.717, 1.165) is 10.2 Å². The number of hydrogen-bond acceptors (Lipinski definition) is 2. The van der Waals surface area contributed by atoms with Gasteiger partial charge < -0.3 is 5.73 Å². The number of benzene rings is 1. The standard InChI is InChI=1S/C12H11BrN2.BrH/c13-11-8-10(6-7-12(14)15-11)9-4-2-1-3-5-9;/h1-6,8H,7H2,(H2,14,15);1H. The van der Waals surface area contributed by atoms with Crippen LogP contribution in [0.25, 0.3) is 5.57 Å². The summed E-state index contributed by atoms with van der Waals surface area (Å²) in [6, 6.07) is 10.2. The highest BCUT2D eigenvalue weighted by Crippen LogP contribution is 2.23. The third-order valence-corrected chi connectivity index (χ3v) is 2.57. The van der Waals surface area contributed by atoms with Crippen molar-refractivity contribution in [2.24, 2.45) is 10.7 Å². The van der Waals surface area contributed by atoms with Gasteiger partial charge in [-0.3, -0.25) is 0 Å². The fourth-order valence-corrected chi connectivity index (χ4v) is 1.92. The quantitative estimate of drug-likeness (QED) is 0.776. The number of rotatable bonds is 1. The van der Waals surface area contributed by atoms with Crippen LogP contribution in [0.5, 0.6) is 0 Å². The Labute approximate surface area is 114 Å².